The van der Waals surface area contributed by atoms with E-state index in [-0.39, 0.29) is 5.91 Å². The van der Waals surface area contributed by atoms with Crippen LogP contribution in [0.25, 0.3) is 0 Å². The first-order chi connectivity index (χ1) is 7.75. The summed E-state index contributed by atoms with van der Waals surface area (Å²) < 4.78 is 0.620. The standard InChI is InChI=1S/C10H7BrN4O/c11-8-5-14-9(6-13-8)15-10(16)7-1-3-12-4-2-7/h1-6H,(H,14,15,16). The van der Waals surface area contributed by atoms with Crippen LogP contribution >= 0.6 is 15.9 Å². The van der Waals surface area contributed by atoms with Gasteiger partial charge in [0.25, 0.3) is 5.91 Å². The summed E-state index contributed by atoms with van der Waals surface area (Å²) in [5, 5.41) is 2.62. The Morgan fingerprint density at radius 1 is 1.19 bits per heavy atom. The average molecular weight is 279 g/mol. The van der Waals surface area contributed by atoms with Gasteiger partial charge in [-0.05, 0) is 28.1 Å². The number of pyridine rings is 1. The van der Waals surface area contributed by atoms with Gasteiger partial charge in [0.15, 0.2) is 5.82 Å². The van der Waals surface area contributed by atoms with Crippen LogP contribution < -0.4 is 5.32 Å². The second-order valence-corrected chi connectivity index (χ2v) is 3.73. The van der Waals surface area contributed by atoms with Crippen molar-refractivity contribution in [3.63, 3.8) is 0 Å². The molecule has 0 aromatic carbocycles. The molecule has 0 unspecified atom stereocenters. The van der Waals surface area contributed by atoms with E-state index in [1.54, 1.807) is 24.5 Å². The Balaban J connectivity index is 2.11. The Bertz CT molecular complexity index is 486. The van der Waals surface area contributed by atoms with Crippen molar-refractivity contribution in [2.45, 2.75) is 0 Å². The van der Waals surface area contributed by atoms with Gasteiger partial charge in [0.2, 0.25) is 0 Å². The lowest BCUT2D eigenvalue weighted by atomic mass is 10.2. The number of hydrogen-bond donors (Lipinski definition) is 1. The van der Waals surface area contributed by atoms with Crippen LogP contribution in [0.3, 0.4) is 0 Å². The highest BCUT2D eigenvalue weighted by Gasteiger charge is 2.05. The summed E-state index contributed by atoms with van der Waals surface area (Å²) in [4.78, 5) is 23.5. The first-order valence-electron chi connectivity index (χ1n) is 4.44. The van der Waals surface area contributed by atoms with E-state index >= 15 is 0 Å². The number of anilines is 1. The lowest BCUT2D eigenvalue weighted by Crippen LogP contribution is -2.12. The number of amides is 1. The van der Waals surface area contributed by atoms with Gasteiger partial charge in [-0.1, -0.05) is 0 Å². The third kappa shape index (κ3) is 2.60. The summed E-state index contributed by atoms with van der Waals surface area (Å²) in [6.45, 7) is 0. The zero-order valence-corrected chi connectivity index (χ0v) is 9.68. The summed E-state index contributed by atoms with van der Waals surface area (Å²) in [6.07, 6.45) is 6.11. The van der Waals surface area contributed by atoms with E-state index in [4.69, 9.17) is 0 Å². The van der Waals surface area contributed by atoms with Crippen molar-refractivity contribution in [2.75, 3.05) is 5.32 Å². The maximum Gasteiger partial charge on any atom is 0.256 e. The molecule has 2 aromatic heterocycles. The van der Waals surface area contributed by atoms with Crippen molar-refractivity contribution in [3.8, 4) is 0 Å². The minimum Gasteiger partial charge on any atom is -0.305 e. The predicted octanol–water partition coefficient (Wildman–Crippen LogP) is 1.89. The van der Waals surface area contributed by atoms with Gasteiger partial charge in [0, 0.05) is 18.0 Å². The first kappa shape index (κ1) is 10.7. The molecule has 0 atom stereocenters. The molecule has 1 N–H and O–H groups in total. The fourth-order valence-electron chi connectivity index (χ4n) is 1.07. The number of halogens is 1. The summed E-state index contributed by atoms with van der Waals surface area (Å²) in [6, 6.07) is 3.25. The fraction of sp³-hybridized carbons (Fsp3) is 0. The molecule has 0 fully saturated rings. The molecule has 1 amide bonds. The van der Waals surface area contributed by atoms with Crippen molar-refractivity contribution < 1.29 is 4.79 Å². The molecule has 16 heavy (non-hydrogen) atoms. The molecule has 2 aromatic rings. The molecule has 0 bridgehead atoms. The number of rotatable bonds is 2. The van der Waals surface area contributed by atoms with E-state index in [1.165, 1.54) is 12.4 Å². The predicted molar refractivity (Wildman–Crippen MR) is 61.9 cm³/mol. The van der Waals surface area contributed by atoms with Gasteiger partial charge in [-0.2, -0.15) is 0 Å². The van der Waals surface area contributed by atoms with Crippen LogP contribution in [0, 0.1) is 0 Å². The van der Waals surface area contributed by atoms with Crippen molar-refractivity contribution in [2.24, 2.45) is 0 Å². The molecule has 6 heteroatoms. The Kier molecular flexibility index (Phi) is 3.21. The second kappa shape index (κ2) is 4.80. The molecular formula is C10H7BrN4O. The Labute approximate surface area is 100 Å². The van der Waals surface area contributed by atoms with Crippen LogP contribution in [-0.4, -0.2) is 20.9 Å². The number of nitrogens with one attached hydrogen (secondary N) is 1. The topological polar surface area (TPSA) is 67.8 Å². The van der Waals surface area contributed by atoms with E-state index in [9.17, 15) is 4.79 Å². The normalized spacial score (nSPS) is 9.81. The van der Waals surface area contributed by atoms with Crippen LogP contribution in [0.1, 0.15) is 10.4 Å². The lowest BCUT2D eigenvalue weighted by Gasteiger charge is -2.03. The van der Waals surface area contributed by atoms with Gasteiger partial charge in [-0.3, -0.25) is 9.78 Å². The van der Waals surface area contributed by atoms with E-state index in [1.807, 2.05) is 0 Å². The smallest absolute Gasteiger partial charge is 0.256 e. The van der Waals surface area contributed by atoms with Crippen LogP contribution in [-0.2, 0) is 0 Å². The van der Waals surface area contributed by atoms with E-state index in [0.717, 1.165) is 0 Å². The van der Waals surface area contributed by atoms with Gasteiger partial charge in [0.05, 0.1) is 12.4 Å². The van der Waals surface area contributed by atoms with Crippen molar-refractivity contribution >= 4 is 27.7 Å². The molecule has 0 spiro atoms. The van der Waals surface area contributed by atoms with Crippen molar-refractivity contribution in [1.29, 1.82) is 0 Å². The second-order valence-electron chi connectivity index (χ2n) is 2.91. The molecule has 80 valence electrons. The lowest BCUT2D eigenvalue weighted by molar-refractivity contribution is 0.102. The fourth-order valence-corrected chi connectivity index (χ4v) is 1.27. The zero-order chi connectivity index (χ0) is 11.4. The quantitative estimate of drug-likeness (QED) is 0.911. The van der Waals surface area contributed by atoms with Crippen LogP contribution in [0.15, 0.2) is 41.5 Å². The molecule has 0 aliphatic rings. The molecule has 2 rings (SSSR count). The van der Waals surface area contributed by atoms with Gasteiger partial charge < -0.3 is 5.32 Å². The summed E-state index contributed by atoms with van der Waals surface area (Å²) in [5.41, 5.74) is 0.528. The molecule has 0 aliphatic carbocycles. The molecule has 5 nitrogen and oxygen atoms in total. The number of hydrogen-bond acceptors (Lipinski definition) is 4. The highest BCUT2D eigenvalue weighted by atomic mass is 79.9. The van der Waals surface area contributed by atoms with Crippen LogP contribution in [0.4, 0.5) is 5.82 Å². The number of aromatic nitrogens is 3. The highest BCUT2D eigenvalue weighted by Crippen LogP contribution is 2.07. The van der Waals surface area contributed by atoms with Gasteiger partial charge in [-0.25, -0.2) is 9.97 Å². The Hall–Kier alpha value is -1.82. The van der Waals surface area contributed by atoms with Gasteiger partial charge in [0.1, 0.15) is 4.60 Å². The molecule has 0 radical (unpaired) electrons. The SMILES string of the molecule is O=C(Nc1cnc(Br)cn1)c1ccncc1. The third-order valence-corrected chi connectivity index (χ3v) is 2.21. The number of carbonyl (C=O) groups excluding carboxylic acids is 1. The Morgan fingerprint density at radius 2 is 1.94 bits per heavy atom. The molecular weight excluding hydrogens is 272 g/mol. The van der Waals surface area contributed by atoms with E-state index < -0.39 is 0 Å². The number of carbonyl (C=O) groups is 1. The molecule has 2 heterocycles. The van der Waals surface area contributed by atoms with E-state index in [2.05, 4.69) is 36.2 Å². The summed E-state index contributed by atoms with van der Waals surface area (Å²) >= 11 is 3.16. The largest absolute Gasteiger partial charge is 0.305 e. The maximum absolute atomic E-state index is 11.7. The summed E-state index contributed by atoms with van der Waals surface area (Å²) in [7, 11) is 0. The third-order valence-electron chi connectivity index (χ3n) is 1.80. The molecule has 0 aliphatic heterocycles. The minimum absolute atomic E-state index is 0.237. The zero-order valence-electron chi connectivity index (χ0n) is 8.09. The van der Waals surface area contributed by atoms with Gasteiger partial charge >= 0.3 is 0 Å². The Morgan fingerprint density at radius 3 is 2.56 bits per heavy atom. The first-order valence-corrected chi connectivity index (χ1v) is 5.24. The summed E-state index contributed by atoms with van der Waals surface area (Å²) in [5.74, 6) is 0.170. The molecule has 0 saturated heterocycles. The van der Waals surface area contributed by atoms with Crippen LogP contribution in [0.5, 0.6) is 0 Å². The van der Waals surface area contributed by atoms with E-state index in [0.29, 0.717) is 16.0 Å². The molecule has 0 saturated carbocycles. The van der Waals surface area contributed by atoms with Gasteiger partial charge in [-0.15, -0.1) is 0 Å². The maximum atomic E-state index is 11.7. The number of nitrogens with zero attached hydrogens (tertiary/aromatic N) is 3. The monoisotopic (exact) mass is 278 g/mol. The van der Waals surface area contributed by atoms with Crippen molar-refractivity contribution in [1.82, 2.24) is 15.0 Å². The highest BCUT2D eigenvalue weighted by molar-refractivity contribution is 9.10. The average Bonchev–Trinajstić information content (AvgIpc) is 2.33. The van der Waals surface area contributed by atoms with Crippen LogP contribution in [0.2, 0.25) is 0 Å². The van der Waals surface area contributed by atoms with Crippen molar-refractivity contribution in [3.05, 3.63) is 47.1 Å². The minimum atomic E-state index is -0.237.